The molecule has 0 saturated carbocycles. The summed E-state index contributed by atoms with van der Waals surface area (Å²) in [4.78, 5) is 0. The normalized spacial score (nSPS) is 20.5. The maximum absolute atomic E-state index is 14.2. The Hall–Kier alpha value is -2.55. The van der Waals surface area contributed by atoms with Crippen molar-refractivity contribution < 1.29 is 9.09 Å². The number of hydrogen-bond donors (Lipinski definition) is 1. The van der Waals surface area contributed by atoms with Crippen molar-refractivity contribution in [3.05, 3.63) is 101 Å². The van der Waals surface area contributed by atoms with Gasteiger partial charge in [-0.3, -0.25) is 4.57 Å². The first-order valence-electron chi connectivity index (χ1n) is 9.04. The summed E-state index contributed by atoms with van der Waals surface area (Å²) in [6, 6.07) is 29.5. The van der Waals surface area contributed by atoms with Crippen LogP contribution < -0.4 is 15.1 Å². The van der Waals surface area contributed by atoms with E-state index in [0.717, 1.165) is 26.5 Å². The lowest BCUT2D eigenvalue weighted by atomic mass is 10.1. The van der Waals surface area contributed by atoms with Crippen LogP contribution in [0.25, 0.3) is 10.8 Å². The molecule has 0 spiro atoms. The standard InChI is InChI=1S/C23H17BrNO2P/c24-17-11-13-18(14-12-17)25-23-21-15-10-16-6-4-5-9-20(16)22(21)27-28(23,26)19-7-2-1-3-8-19/h1-15,23,25H/t23-,28?/m0/s1. The fraction of sp³-hybridized carbons (Fsp3) is 0.0435. The van der Waals surface area contributed by atoms with E-state index < -0.39 is 13.2 Å². The highest BCUT2D eigenvalue weighted by Crippen LogP contribution is 2.66. The van der Waals surface area contributed by atoms with Gasteiger partial charge >= 0.3 is 7.37 Å². The number of halogens is 1. The minimum absolute atomic E-state index is 0.448. The molecule has 4 aromatic rings. The average Bonchev–Trinajstić information content (AvgIpc) is 3.03. The molecule has 3 nitrogen and oxygen atoms in total. The van der Waals surface area contributed by atoms with Gasteiger partial charge in [0, 0.05) is 21.1 Å². The molecule has 2 atom stereocenters. The van der Waals surface area contributed by atoms with Gasteiger partial charge in [0.05, 0.1) is 5.30 Å². The van der Waals surface area contributed by atoms with Crippen LogP contribution in [0.4, 0.5) is 5.69 Å². The lowest BCUT2D eigenvalue weighted by Gasteiger charge is -2.22. The molecule has 28 heavy (non-hydrogen) atoms. The fourth-order valence-electron chi connectivity index (χ4n) is 3.65. The van der Waals surface area contributed by atoms with Crippen LogP contribution in [0.3, 0.4) is 0 Å². The highest BCUT2D eigenvalue weighted by Gasteiger charge is 2.46. The van der Waals surface area contributed by atoms with E-state index in [1.165, 1.54) is 0 Å². The predicted octanol–water partition coefficient (Wildman–Crippen LogP) is 6.71. The van der Waals surface area contributed by atoms with Crippen molar-refractivity contribution in [3.8, 4) is 5.75 Å². The van der Waals surface area contributed by atoms with Crippen LogP contribution in [-0.4, -0.2) is 0 Å². The topological polar surface area (TPSA) is 38.3 Å². The second-order valence-corrected chi connectivity index (χ2v) is 10.1. The van der Waals surface area contributed by atoms with Gasteiger partial charge in [0.25, 0.3) is 0 Å². The number of rotatable bonds is 3. The monoisotopic (exact) mass is 449 g/mol. The molecule has 1 unspecified atom stereocenters. The Morgan fingerprint density at radius 2 is 1.54 bits per heavy atom. The zero-order valence-electron chi connectivity index (χ0n) is 14.9. The molecule has 0 aromatic heterocycles. The first kappa shape index (κ1) is 17.5. The summed E-state index contributed by atoms with van der Waals surface area (Å²) < 4.78 is 21.5. The van der Waals surface area contributed by atoms with Crippen LogP contribution in [0.2, 0.25) is 0 Å². The van der Waals surface area contributed by atoms with Crippen molar-refractivity contribution in [2.75, 3.05) is 5.32 Å². The molecule has 0 aliphatic carbocycles. The number of nitrogens with one attached hydrogen (secondary N) is 1. The van der Waals surface area contributed by atoms with E-state index in [0.29, 0.717) is 11.1 Å². The van der Waals surface area contributed by atoms with E-state index in [4.69, 9.17) is 4.52 Å². The van der Waals surface area contributed by atoms with Gasteiger partial charge in [-0.1, -0.05) is 70.5 Å². The van der Waals surface area contributed by atoms with Crippen molar-refractivity contribution in [1.82, 2.24) is 0 Å². The Labute approximate surface area is 171 Å². The molecule has 1 aliphatic rings. The summed E-state index contributed by atoms with van der Waals surface area (Å²) in [5.41, 5.74) is 1.82. The largest absolute Gasteiger partial charge is 0.437 e. The SMILES string of the molecule is O=P1(c2ccccc2)Oc2c(ccc3ccccc23)[C@H]1Nc1ccc(Br)cc1. The first-order valence-corrected chi connectivity index (χ1v) is 11.5. The van der Waals surface area contributed by atoms with Crippen LogP contribution in [-0.2, 0) is 4.57 Å². The zero-order chi connectivity index (χ0) is 19.1. The Morgan fingerprint density at radius 3 is 2.32 bits per heavy atom. The average molecular weight is 450 g/mol. The predicted molar refractivity (Wildman–Crippen MR) is 119 cm³/mol. The van der Waals surface area contributed by atoms with Gasteiger partial charge in [0.2, 0.25) is 0 Å². The highest BCUT2D eigenvalue weighted by molar-refractivity contribution is 9.10. The van der Waals surface area contributed by atoms with Gasteiger partial charge in [-0.25, -0.2) is 0 Å². The summed E-state index contributed by atoms with van der Waals surface area (Å²) in [6.07, 6.45) is 0. The molecule has 0 bridgehead atoms. The van der Waals surface area contributed by atoms with Crippen molar-refractivity contribution in [1.29, 1.82) is 0 Å². The van der Waals surface area contributed by atoms with Gasteiger partial charge in [-0.05, 0) is 41.8 Å². The van der Waals surface area contributed by atoms with Gasteiger partial charge in [-0.2, -0.15) is 0 Å². The summed E-state index contributed by atoms with van der Waals surface area (Å²) in [7, 11) is -3.22. The van der Waals surface area contributed by atoms with Crippen LogP contribution in [0.1, 0.15) is 11.3 Å². The first-order chi connectivity index (χ1) is 13.6. The van der Waals surface area contributed by atoms with Crippen molar-refractivity contribution in [2.24, 2.45) is 0 Å². The maximum Gasteiger partial charge on any atom is 0.303 e. The van der Waals surface area contributed by atoms with Gasteiger partial charge < -0.3 is 9.84 Å². The second-order valence-electron chi connectivity index (χ2n) is 6.78. The van der Waals surface area contributed by atoms with Gasteiger partial charge in [0.15, 0.2) is 0 Å². The molecule has 1 N–H and O–H groups in total. The van der Waals surface area contributed by atoms with Crippen LogP contribution in [0.5, 0.6) is 5.75 Å². The van der Waals surface area contributed by atoms with E-state index in [1.54, 1.807) is 0 Å². The molecule has 138 valence electrons. The molecule has 0 fully saturated rings. The number of benzene rings is 4. The van der Waals surface area contributed by atoms with E-state index in [1.807, 2.05) is 84.9 Å². The zero-order valence-corrected chi connectivity index (χ0v) is 17.4. The Balaban J connectivity index is 1.69. The minimum atomic E-state index is -3.22. The van der Waals surface area contributed by atoms with Crippen LogP contribution >= 0.6 is 23.3 Å². The van der Waals surface area contributed by atoms with Crippen LogP contribution in [0.15, 0.2) is 95.5 Å². The molecule has 1 heterocycles. The fourth-order valence-corrected chi connectivity index (χ4v) is 6.38. The molecule has 5 rings (SSSR count). The molecular weight excluding hydrogens is 433 g/mol. The molecule has 0 amide bonds. The van der Waals surface area contributed by atoms with Crippen molar-refractivity contribution in [3.63, 3.8) is 0 Å². The van der Waals surface area contributed by atoms with Gasteiger partial charge in [-0.15, -0.1) is 0 Å². The Kier molecular flexibility index (Phi) is 4.26. The minimum Gasteiger partial charge on any atom is -0.437 e. The maximum atomic E-state index is 14.2. The number of anilines is 1. The highest BCUT2D eigenvalue weighted by atomic mass is 79.9. The smallest absolute Gasteiger partial charge is 0.303 e. The third kappa shape index (κ3) is 2.85. The molecule has 0 radical (unpaired) electrons. The third-order valence-corrected chi connectivity index (χ3v) is 8.12. The van der Waals surface area contributed by atoms with E-state index >= 15 is 0 Å². The summed E-state index contributed by atoms with van der Waals surface area (Å²) in [6.45, 7) is 0. The van der Waals surface area contributed by atoms with E-state index in [-0.39, 0.29) is 0 Å². The van der Waals surface area contributed by atoms with Gasteiger partial charge in [0.1, 0.15) is 11.5 Å². The molecular formula is C23H17BrNO2P. The van der Waals surface area contributed by atoms with E-state index in [2.05, 4.69) is 27.3 Å². The lowest BCUT2D eigenvalue weighted by Crippen LogP contribution is -2.16. The Bertz CT molecular complexity index is 1210. The van der Waals surface area contributed by atoms with Crippen molar-refractivity contribution >= 4 is 45.1 Å². The summed E-state index contributed by atoms with van der Waals surface area (Å²) >= 11 is 3.46. The molecule has 4 aromatic carbocycles. The molecule has 1 aliphatic heterocycles. The quantitative estimate of drug-likeness (QED) is 0.353. The number of hydrogen-bond acceptors (Lipinski definition) is 3. The second kappa shape index (κ2) is 6.80. The van der Waals surface area contributed by atoms with Crippen molar-refractivity contribution in [2.45, 2.75) is 5.78 Å². The van der Waals surface area contributed by atoms with Crippen LogP contribution in [0, 0.1) is 0 Å². The molecule has 5 heteroatoms. The number of fused-ring (bicyclic) bond motifs is 3. The van der Waals surface area contributed by atoms with E-state index in [9.17, 15) is 4.57 Å². The lowest BCUT2D eigenvalue weighted by molar-refractivity contribution is 0.503. The molecule has 0 saturated heterocycles. The summed E-state index contributed by atoms with van der Waals surface area (Å²) in [5.74, 6) is 0.260. The summed E-state index contributed by atoms with van der Waals surface area (Å²) in [5, 5.41) is 6.24. The third-order valence-electron chi connectivity index (χ3n) is 5.04. The Morgan fingerprint density at radius 1 is 0.821 bits per heavy atom.